The standard InChI is InChI=1S/C11H16N2O3S/c1-3-4-5-8(14)12-6-9-13-10(11(15)16)7(2)17-9/h3-6H2,1-2H3,(H,12,14)(H,15,16). The minimum absolute atomic E-state index is 0.0171. The molecule has 0 saturated heterocycles. The second kappa shape index (κ2) is 6.34. The maximum Gasteiger partial charge on any atom is 0.355 e. The minimum atomic E-state index is -1.03. The Labute approximate surface area is 104 Å². The van der Waals surface area contributed by atoms with Crippen LogP contribution in [-0.4, -0.2) is 22.0 Å². The van der Waals surface area contributed by atoms with Crippen LogP contribution in [0.25, 0.3) is 0 Å². The first kappa shape index (κ1) is 13.6. The molecule has 94 valence electrons. The molecular formula is C11H16N2O3S. The fourth-order valence-electron chi connectivity index (χ4n) is 1.33. The van der Waals surface area contributed by atoms with E-state index in [1.807, 2.05) is 6.92 Å². The Balaban J connectivity index is 2.50. The van der Waals surface area contributed by atoms with Crippen molar-refractivity contribution in [1.82, 2.24) is 10.3 Å². The number of carbonyl (C=O) groups is 2. The van der Waals surface area contributed by atoms with Gasteiger partial charge in [0.15, 0.2) is 5.69 Å². The normalized spacial score (nSPS) is 10.2. The molecule has 1 aromatic heterocycles. The van der Waals surface area contributed by atoms with Crippen LogP contribution in [0.15, 0.2) is 0 Å². The number of aromatic nitrogens is 1. The third-order valence-electron chi connectivity index (χ3n) is 2.24. The van der Waals surface area contributed by atoms with Crippen LogP contribution < -0.4 is 5.32 Å². The number of amides is 1. The van der Waals surface area contributed by atoms with E-state index in [1.165, 1.54) is 11.3 Å². The molecule has 0 aromatic carbocycles. The average Bonchev–Trinajstić information content (AvgIpc) is 2.65. The quantitative estimate of drug-likeness (QED) is 0.815. The lowest BCUT2D eigenvalue weighted by atomic mass is 10.2. The summed E-state index contributed by atoms with van der Waals surface area (Å²) < 4.78 is 0. The summed E-state index contributed by atoms with van der Waals surface area (Å²) in [7, 11) is 0. The summed E-state index contributed by atoms with van der Waals surface area (Å²) in [6.45, 7) is 4.04. The molecule has 1 rings (SSSR count). The van der Waals surface area contributed by atoms with Gasteiger partial charge in [-0.3, -0.25) is 4.79 Å². The van der Waals surface area contributed by atoms with Crippen molar-refractivity contribution in [3.05, 3.63) is 15.6 Å². The Morgan fingerprint density at radius 3 is 2.71 bits per heavy atom. The number of hydrogen-bond donors (Lipinski definition) is 2. The van der Waals surface area contributed by atoms with Crippen LogP contribution in [0.3, 0.4) is 0 Å². The Bertz CT molecular complexity index is 415. The predicted octanol–water partition coefficient (Wildman–Crippen LogP) is 1.96. The number of hydrogen-bond acceptors (Lipinski definition) is 4. The van der Waals surface area contributed by atoms with Gasteiger partial charge in [0.2, 0.25) is 5.91 Å². The SMILES string of the molecule is CCCCC(=O)NCc1nc(C(=O)O)c(C)s1. The highest BCUT2D eigenvalue weighted by molar-refractivity contribution is 7.11. The first-order chi connectivity index (χ1) is 8.04. The van der Waals surface area contributed by atoms with Crippen molar-refractivity contribution >= 4 is 23.2 Å². The molecule has 1 heterocycles. The van der Waals surface area contributed by atoms with E-state index in [0.29, 0.717) is 22.9 Å². The van der Waals surface area contributed by atoms with Crippen molar-refractivity contribution in [1.29, 1.82) is 0 Å². The highest BCUT2D eigenvalue weighted by atomic mass is 32.1. The van der Waals surface area contributed by atoms with E-state index in [2.05, 4.69) is 10.3 Å². The molecule has 1 amide bonds. The fourth-order valence-corrected chi connectivity index (χ4v) is 2.19. The lowest BCUT2D eigenvalue weighted by Crippen LogP contribution is -2.22. The Kier molecular flexibility index (Phi) is 5.09. The van der Waals surface area contributed by atoms with Gasteiger partial charge >= 0.3 is 5.97 Å². The van der Waals surface area contributed by atoms with Crippen molar-refractivity contribution in [3.63, 3.8) is 0 Å². The number of nitrogens with one attached hydrogen (secondary N) is 1. The second-order valence-corrected chi connectivity index (χ2v) is 4.99. The summed E-state index contributed by atoms with van der Waals surface area (Å²) in [6, 6.07) is 0. The van der Waals surface area contributed by atoms with Crippen molar-refractivity contribution in [2.75, 3.05) is 0 Å². The topological polar surface area (TPSA) is 79.3 Å². The van der Waals surface area contributed by atoms with Crippen molar-refractivity contribution in [2.45, 2.75) is 39.7 Å². The van der Waals surface area contributed by atoms with E-state index in [4.69, 9.17) is 5.11 Å². The highest BCUT2D eigenvalue weighted by Gasteiger charge is 2.14. The van der Waals surface area contributed by atoms with Crippen LogP contribution in [0.4, 0.5) is 0 Å². The zero-order valence-electron chi connectivity index (χ0n) is 9.95. The zero-order chi connectivity index (χ0) is 12.8. The van der Waals surface area contributed by atoms with Gasteiger partial charge in [0.25, 0.3) is 0 Å². The number of aryl methyl sites for hydroxylation is 1. The summed E-state index contributed by atoms with van der Waals surface area (Å²) in [6.07, 6.45) is 2.35. The number of carboxylic acids is 1. The average molecular weight is 256 g/mol. The van der Waals surface area contributed by atoms with Gasteiger partial charge in [0, 0.05) is 11.3 Å². The number of thiazole rings is 1. The molecule has 0 unspecified atom stereocenters. The predicted molar refractivity (Wildman–Crippen MR) is 65.2 cm³/mol. The molecule has 0 fully saturated rings. The van der Waals surface area contributed by atoms with Crippen molar-refractivity contribution in [3.8, 4) is 0 Å². The summed E-state index contributed by atoms with van der Waals surface area (Å²) >= 11 is 1.30. The zero-order valence-corrected chi connectivity index (χ0v) is 10.8. The molecule has 6 heteroatoms. The Morgan fingerprint density at radius 2 is 2.18 bits per heavy atom. The molecule has 0 aliphatic carbocycles. The summed E-state index contributed by atoms with van der Waals surface area (Å²) in [5.41, 5.74) is 0.0767. The van der Waals surface area contributed by atoms with Crippen LogP contribution in [0, 0.1) is 6.92 Å². The third-order valence-corrected chi connectivity index (χ3v) is 3.21. The monoisotopic (exact) mass is 256 g/mol. The van der Waals surface area contributed by atoms with E-state index in [-0.39, 0.29) is 11.6 Å². The van der Waals surface area contributed by atoms with E-state index in [0.717, 1.165) is 12.8 Å². The van der Waals surface area contributed by atoms with Gasteiger partial charge in [-0.15, -0.1) is 11.3 Å². The summed E-state index contributed by atoms with van der Waals surface area (Å²) in [5, 5.41) is 12.2. The molecule has 5 nitrogen and oxygen atoms in total. The number of carboxylic acid groups (broad SMARTS) is 1. The molecule has 0 saturated carbocycles. The highest BCUT2D eigenvalue weighted by Crippen LogP contribution is 2.17. The Morgan fingerprint density at radius 1 is 1.47 bits per heavy atom. The van der Waals surface area contributed by atoms with E-state index < -0.39 is 5.97 Å². The van der Waals surface area contributed by atoms with E-state index in [9.17, 15) is 9.59 Å². The first-order valence-electron chi connectivity index (χ1n) is 5.51. The van der Waals surface area contributed by atoms with Gasteiger partial charge < -0.3 is 10.4 Å². The Hall–Kier alpha value is -1.43. The summed E-state index contributed by atoms with van der Waals surface area (Å²) in [4.78, 5) is 26.7. The molecule has 0 spiro atoms. The number of unbranched alkanes of at least 4 members (excludes halogenated alkanes) is 1. The molecule has 0 radical (unpaired) electrons. The van der Waals surface area contributed by atoms with E-state index >= 15 is 0 Å². The van der Waals surface area contributed by atoms with Gasteiger partial charge in [-0.1, -0.05) is 13.3 Å². The number of aromatic carboxylic acids is 1. The largest absolute Gasteiger partial charge is 0.476 e. The van der Waals surface area contributed by atoms with Crippen molar-refractivity contribution in [2.24, 2.45) is 0 Å². The molecule has 1 aromatic rings. The van der Waals surface area contributed by atoms with Gasteiger partial charge in [0.05, 0.1) is 6.54 Å². The molecule has 17 heavy (non-hydrogen) atoms. The number of nitrogens with zero attached hydrogens (tertiary/aromatic N) is 1. The molecule has 0 bridgehead atoms. The maximum atomic E-state index is 11.4. The van der Waals surface area contributed by atoms with Crippen LogP contribution in [0.5, 0.6) is 0 Å². The fraction of sp³-hybridized carbons (Fsp3) is 0.545. The summed E-state index contributed by atoms with van der Waals surface area (Å²) in [5.74, 6) is -1.04. The van der Waals surface area contributed by atoms with Crippen LogP contribution in [-0.2, 0) is 11.3 Å². The number of rotatable bonds is 6. The van der Waals surface area contributed by atoms with Crippen LogP contribution in [0.1, 0.15) is 46.6 Å². The van der Waals surface area contributed by atoms with Crippen molar-refractivity contribution < 1.29 is 14.7 Å². The molecule has 0 atom stereocenters. The van der Waals surface area contributed by atoms with Crippen LogP contribution in [0.2, 0.25) is 0 Å². The first-order valence-corrected chi connectivity index (χ1v) is 6.32. The van der Waals surface area contributed by atoms with Gasteiger partial charge in [-0.05, 0) is 13.3 Å². The lowest BCUT2D eigenvalue weighted by Gasteiger charge is -2.01. The van der Waals surface area contributed by atoms with Crippen LogP contribution >= 0.6 is 11.3 Å². The smallest absolute Gasteiger partial charge is 0.355 e. The second-order valence-electron chi connectivity index (χ2n) is 3.70. The maximum absolute atomic E-state index is 11.4. The van der Waals surface area contributed by atoms with Gasteiger partial charge in [-0.2, -0.15) is 0 Å². The molecule has 0 aliphatic heterocycles. The number of carbonyl (C=O) groups excluding carboxylic acids is 1. The van der Waals surface area contributed by atoms with E-state index in [1.54, 1.807) is 6.92 Å². The molecular weight excluding hydrogens is 240 g/mol. The van der Waals surface area contributed by atoms with Gasteiger partial charge in [0.1, 0.15) is 5.01 Å². The molecule has 2 N–H and O–H groups in total. The minimum Gasteiger partial charge on any atom is -0.476 e. The molecule has 0 aliphatic rings. The third kappa shape index (κ3) is 4.14. The van der Waals surface area contributed by atoms with Gasteiger partial charge in [-0.25, -0.2) is 9.78 Å². The lowest BCUT2D eigenvalue weighted by molar-refractivity contribution is -0.121.